The SMILES string of the molecule is CCCCC/C=C/C=C/CCCCCCCCC(=O)OC1C(OCC(NC(=O)C(O)CCCCCCCCCCCCCCCCCCCC)C(O)/C=C/CCCCCCCCCCCC)OC(CO)C(O)C1O. The van der Waals surface area contributed by atoms with Gasteiger partial charge >= 0.3 is 5.97 Å². The van der Waals surface area contributed by atoms with E-state index in [1.165, 1.54) is 161 Å². The van der Waals surface area contributed by atoms with E-state index in [4.69, 9.17) is 14.2 Å². The Balaban J connectivity index is 2.68. The summed E-state index contributed by atoms with van der Waals surface area (Å²) in [6.45, 7) is 5.77. The first kappa shape index (κ1) is 69.9. The highest BCUT2D eigenvalue weighted by molar-refractivity contribution is 5.80. The van der Waals surface area contributed by atoms with Gasteiger partial charge in [0.2, 0.25) is 5.91 Å². The van der Waals surface area contributed by atoms with E-state index in [9.17, 15) is 35.1 Å². The fourth-order valence-electron chi connectivity index (χ4n) is 9.82. The van der Waals surface area contributed by atoms with Crippen LogP contribution in [0.4, 0.5) is 0 Å². The zero-order valence-electron chi connectivity index (χ0n) is 48.0. The number of unbranched alkanes of at least 4 members (excludes halogenated alkanes) is 36. The predicted octanol–water partition coefficient (Wildman–Crippen LogP) is 14.7. The fourth-order valence-corrected chi connectivity index (χ4v) is 9.82. The molecule has 74 heavy (non-hydrogen) atoms. The number of allylic oxidation sites excluding steroid dienone is 5. The Morgan fingerprint density at radius 1 is 0.527 bits per heavy atom. The summed E-state index contributed by atoms with van der Waals surface area (Å²) in [5.74, 6) is -1.20. The summed E-state index contributed by atoms with van der Waals surface area (Å²) >= 11 is 0. The van der Waals surface area contributed by atoms with E-state index in [2.05, 4.69) is 50.4 Å². The van der Waals surface area contributed by atoms with Crippen LogP contribution in [0.3, 0.4) is 0 Å². The molecule has 1 aliphatic heterocycles. The van der Waals surface area contributed by atoms with Gasteiger partial charge in [0.25, 0.3) is 0 Å². The molecule has 6 N–H and O–H groups in total. The van der Waals surface area contributed by atoms with Gasteiger partial charge in [-0.05, 0) is 51.4 Å². The molecule has 1 fully saturated rings. The summed E-state index contributed by atoms with van der Waals surface area (Å²) < 4.78 is 17.6. The first-order chi connectivity index (χ1) is 36.2. The molecule has 1 heterocycles. The number of aliphatic hydroxyl groups excluding tert-OH is 5. The van der Waals surface area contributed by atoms with Crippen molar-refractivity contribution >= 4 is 11.9 Å². The van der Waals surface area contributed by atoms with Gasteiger partial charge in [0, 0.05) is 6.42 Å². The minimum Gasteiger partial charge on any atom is -0.454 e. The van der Waals surface area contributed by atoms with Crippen LogP contribution < -0.4 is 5.32 Å². The van der Waals surface area contributed by atoms with Crippen LogP contribution in [0.1, 0.15) is 290 Å². The molecule has 0 radical (unpaired) electrons. The highest BCUT2D eigenvalue weighted by atomic mass is 16.7. The molecule has 0 aromatic rings. The monoisotopic (exact) mass is 1050 g/mol. The van der Waals surface area contributed by atoms with Crippen molar-refractivity contribution < 1.29 is 49.3 Å². The maximum atomic E-state index is 13.4. The van der Waals surface area contributed by atoms with Crippen molar-refractivity contribution in [2.75, 3.05) is 13.2 Å². The molecule has 434 valence electrons. The number of rotatable bonds is 53. The number of hydrogen-bond acceptors (Lipinski definition) is 10. The van der Waals surface area contributed by atoms with E-state index in [-0.39, 0.29) is 13.0 Å². The Morgan fingerprint density at radius 3 is 1.38 bits per heavy atom. The maximum absolute atomic E-state index is 13.4. The van der Waals surface area contributed by atoms with Crippen LogP contribution >= 0.6 is 0 Å². The lowest BCUT2D eigenvalue weighted by atomic mass is 9.99. The van der Waals surface area contributed by atoms with Crippen LogP contribution in [-0.4, -0.2) is 99.6 Å². The summed E-state index contributed by atoms with van der Waals surface area (Å²) in [4.78, 5) is 26.5. The highest BCUT2D eigenvalue weighted by Gasteiger charge is 2.47. The smallest absolute Gasteiger partial charge is 0.306 e. The molecule has 11 nitrogen and oxygen atoms in total. The number of carbonyl (C=O) groups is 2. The zero-order valence-corrected chi connectivity index (χ0v) is 48.0. The van der Waals surface area contributed by atoms with E-state index < -0.39 is 67.4 Å². The number of nitrogens with one attached hydrogen (secondary N) is 1. The fraction of sp³-hybridized carbons (Fsp3) is 0.873. The zero-order chi connectivity index (χ0) is 54.0. The largest absolute Gasteiger partial charge is 0.454 e. The minimum atomic E-state index is -1.62. The second-order valence-corrected chi connectivity index (χ2v) is 21.8. The van der Waals surface area contributed by atoms with Crippen LogP contribution in [0, 0.1) is 0 Å². The van der Waals surface area contributed by atoms with E-state index in [0.717, 1.165) is 83.5 Å². The second-order valence-electron chi connectivity index (χ2n) is 21.8. The molecule has 0 saturated carbocycles. The molecule has 0 bridgehead atoms. The third-order valence-electron chi connectivity index (χ3n) is 14.8. The van der Waals surface area contributed by atoms with Crippen LogP contribution in [-0.2, 0) is 23.8 Å². The van der Waals surface area contributed by atoms with Gasteiger partial charge in [0.05, 0.1) is 25.4 Å². The molecule has 1 amide bonds. The molecule has 0 spiro atoms. The molecular weight excluding hydrogens is 931 g/mol. The number of ether oxygens (including phenoxy) is 3. The van der Waals surface area contributed by atoms with Gasteiger partial charge in [-0.15, -0.1) is 0 Å². The molecule has 1 rings (SSSR count). The molecule has 0 aromatic carbocycles. The Morgan fingerprint density at radius 2 is 0.919 bits per heavy atom. The second kappa shape index (κ2) is 51.6. The maximum Gasteiger partial charge on any atom is 0.306 e. The van der Waals surface area contributed by atoms with E-state index in [1.54, 1.807) is 6.08 Å². The van der Waals surface area contributed by atoms with Crippen molar-refractivity contribution in [3.8, 4) is 0 Å². The van der Waals surface area contributed by atoms with Crippen LogP contribution in [0.15, 0.2) is 36.5 Å². The lowest BCUT2D eigenvalue weighted by Crippen LogP contribution is -2.61. The third kappa shape index (κ3) is 39.3. The van der Waals surface area contributed by atoms with Crippen molar-refractivity contribution in [3.63, 3.8) is 0 Å². The number of carbonyl (C=O) groups excluding carboxylic acids is 2. The standard InChI is InChI=1S/C63H117NO10/c1-4-7-10-13-16-19-22-25-27-28-29-31-32-35-38-41-44-47-50-56(67)62(71)64-54(55(66)49-46-43-40-37-34-24-21-18-15-12-9-6-3)53-72-63-61(60(70)59(69)57(52-65)73-63)74-58(68)51-48-45-42-39-36-33-30-26-23-20-17-14-11-8-5-2/h17,20,23,26,46,49,54-57,59-61,63,65-67,69-70H,4-16,18-19,21-22,24-25,27-45,47-48,50-53H2,1-3H3,(H,64,71)/b20-17+,26-23+,49-46+. The summed E-state index contributed by atoms with van der Waals surface area (Å²) in [7, 11) is 0. The average molecular weight is 1050 g/mol. The molecular formula is C63H117NO10. The van der Waals surface area contributed by atoms with Crippen molar-refractivity contribution in [2.45, 2.75) is 339 Å². The van der Waals surface area contributed by atoms with Gasteiger partial charge in [-0.2, -0.15) is 0 Å². The topological polar surface area (TPSA) is 175 Å². The predicted molar refractivity (Wildman–Crippen MR) is 306 cm³/mol. The van der Waals surface area contributed by atoms with E-state index in [0.29, 0.717) is 19.3 Å². The number of hydrogen-bond donors (Lipinski definition) is 6. The van der Waals surface area contributed by atoms with Gasteiger partial charge in [0.15, 0.2) is 12.4 Å². The van der Waals surface area contributed by atoms with Crippen molar-refractivity contribution in [3.05, 3.63) is 36.5 Å². The van der Waals surface area contributed by atoms with Gasteiger partial charge < -0.3 is 45.1 Å². The molecule has 8 unspecified atom stereocenters. The first-order valence-electron chi connectivity index (χ1n) is 31.3. The Hall–Kier alpha value is -2.12. The van der Waals surface area contributed by atoms with E-state index in [1.807, 2.05) is 6.08 Å². The summed E-state index contributed by atoms with van der Waals surface area (Å²) in [6.07, 6.45) is 50.4. The van der Waals surface area contributed by atoms with Crippen LogP contribution in [0.2, 0.25) is 0 Å². The van der Waals surface area contributed by atoms with Gasteiger partial charge in [-0.25, -0.2) is 0 Å². The molecule has 8 atom stereocenters. The highest BCUT2D eigenvalue weighted by Crippen LogP contribution is 2.26. The van der Waals surface area contributed by atoms with Gasteiger partial charge in [-0.1, -0.05) is 269 Å². The van der Waals surface area contributed by atoms with E-state index >= 15 is 0 Å². The molecule has 1 aliphatic rings. The van der Waals surface area contributed by atoms with Gasteiger partial charge in [0.1, 0.15) is 24.4 Å². The minimum absolute atomic E-state index is 0.112. The Kier molecular flexibility index (Phi) is 48.8. The number of esters is 1. The molecule has 11 heteroatoms. The molecule has 1 saturated heterocycles. The summed E-state index contributed by atoms with van der Waals surface area (Å²) in [6, 6.07) is -1.02. The lowest BCUT2D eigenvalue weighted by Gasteiger charge is -2.41. The van der Waals surface area contributed by atoms with Gasteiger partial charge in [-0.3, -0.25) is 9.59 Å². The lowest BCUT2D eigenvalue weighted by molar-refractivity contribution is -0.305. The Labute approximate surface area is 453 Å². The number of amides is 1. The van der Waals surface area contributed by atoms with Crippen molar-refractivity contribution in [1.29, 1.82) is 0 Å². The molecule has 0 aromatic heterocycles. The Bertz CT molecular complexity index is 1340. The number of aliphatic hydroxyl groups is 5. The van der Waals surface area contributed by atoms with Crippen LogP contribution in [0.5, 0.6) is 0 Å². The quantitative estimate of drug-likeness (QED) is 0.0149. The van der Waals surface area contributed by atoms with Crippen molar-refractivity contribution in [2.24, 2.45) is 0 Å². The third-order valence-corrected chi connectivity index (χ3v) is 14.8. The summed E-state index contributed by atoms with van der Waals surface area (Å²) in [5.41, 5.74) is 0. The van der Waals surface area contributed by atoms with Crippen LogP contribution in [0.25, 0.3) is 0 Å². The molecule has 0 aliphatic carbocycles. The normalized spacial score (nSPS) is 19.5. The summed E-state index contributed by atoms with van der Waals surface area (Å²) in [5, 5.41) is 57.0. The van der Waals surface area contributed by atoms with Crippen molar-refractivity contribution in [1.82, 2.24) is 5.32 Å². The average Bonchev–Trinajstić information content (AvgIpc) is 3.40. The first-order valence-corrected chi connectivity index (χ1v) is 31.3.